The molecule has 0 aromatic heterocycles. The molecule has 23 heavy (non-hydrogen) atoms. The van der Waals surface area contributed by atoms with E-state index >= 15 is 0 Å². The molecule has 1 atom stereocenters. The average molecular weight is 378 g/mol. The van der Waals surface area contributed by atoms with Crippen LogP contribution in [0.25, 0.3) is 0 Å². The monoisotopic (exact) mass is 377 g/mol. The quantitative estimate of drug-likeness (QED) is 0.342. The van der Waals surface area contributed by atoms with Crippen molar-refractivity contribution in [3.8, 4) is 0 Å². The summed E-state index contributed by atoms with van der Waals surface area (Å²) in [7, 11) is 0. The van der Waals surface area contributed by atoms with Gasteiger partial charge in [-0.15, -0.1) is 0 Å². The molecule has 0 saturated heterocycles. The minimum Gasteiger partial charge on any atom is -0.451 e. The van der Waals surface area contributed by atoms with Crippen molar-refractivity contribution in [3.63, 3.8) is 0 Å². The number of carbonyl (C=O) groups excluding carboxylic acids is 2. The second kappa shape index (κ2) is 7.15. The highest BCUT2D eigenvalue weighted by Crippen LogP contribution is 2.16. The Kier molecular flexibility index (Phi) is 5.23. The van der Waals surface area contributed by atoms with Gasteiger partial charge in [-0.05, 0) is 31.2 Å². The van der Waals surface area contributed by atoms with Gasteiger partial charge in [-0.25, -0.2) is 4.79 Å². The molecule has 7 heteroatoms. The molecule has 0 aliphatic heterocycles. The van der Waals surface area contributed by atoms with Crippen LogP contribution in [0.2, 0.25) is 0 Å². The summed E-state index contributed by atoms with van der Waals surface area (Å²) in [5.41, 5.74) is 0.448. The lowest BCUT2D eigenvalue weighted by atomic mass is 10.1. The molecule has 0 fully saturated rings. The van der Waals surface area contributed by atoms with Crippen molar-refractivity contribution in [1.29, 1.82) is 0 Å². The maximum Gasteiger partial charge on any atom is 0.338 e. The zero-order valence-corrected chi connectivity index (χ0v) is 13.6. The number of Topliss-reactive ketones (excluding diaryl/α,β-unsaturated/α-hetero) is 1. The second-order valence-corrected chi connectivity index (χ2v) is 5.64. The van der Waals surface area contributed by atoms with Gasteiger partial charge in [0.1, 0.15) is 0 Å². The van der Waals surface area contributed by atoms with Gasteiger partial charge in [0.2, 0.25) is 5.78 Å². The predicted octanol–water partition coefficient (Wildman–Crippen LogP) is 3.79. The summed E-state index contributed by atoms with van der Waals surface area (Å²) < 4.78 is 5.95. The van der Waals surface area contributed by atoms with Gasteiger partial charge < -0.3 is 4.74 Å². The zero-order valence-electron chi connectivity index (χ0n) is 12.1. The van der Waals surface area contributed by atoms with Gasteiger partial charge in [0.15, 0.2) is 6.10 Å². The number of halogens is 1. The van der Waals surface area contributed by atoms with Gasteiger partial charge in [-0.3, -0.25) is 14.9 Å². The van der Waals surface area contributed by atoms with Gasteiger partial charge >= 0.3 is 5.97 Å². The maximum absolute atomic E-state index is 12.2. The van der Waals surface area contributed by atoms with Crippen molar-refractivity contribution >= 4 is 33.4 Å². The number of hydrogen-bond acceptors (Lipinski definition) is 5. The minimum atomic E-state index is -0.959. The summed E-state index contributed by atoms with van der Waals surface area (Å²) in [5, 5.41) is 10.6. The smallest absolute Gasteiger partial charge is 0.338 e. The third-order valence-corrected chi connectivity index (χ3v) is 3.62. The largest absolute Gasteiger partial charge is 0.451 e. The van der Waals surface area contributed by atoms with E-state index in [4.69, 9.17) is 4.74 Å². The lowest BCUT2D eigenvalue weighted by Gasteiger charge is -2.12. The summed E-state index contributed by atoms with van der Waals surface area (Å²) in [6.45, 7) is 1.48. The lowest BCUT2D eigenvalue weighted by molar-refractivity contribution is -0.384. The summed E-state index contributed by atoms with van der Waals surface area (Å²) in [5.74, 6) is -1.04. The number of rotatable bonds is 5. The van der Waals surface area contributed by atoms with Crippen molar-refractivity contribution in [3.05, 3.63) is 74.2 Å². The molecule has 2 rings (SSSR count). The molecule has 2 aromatic carbocycles. The van der Waals surface area contributed by atoms with Crippen LogP contribution in [-0.4, -0.2) is 22.8 Å². The molecule has 0 amide bonds. The standard InChI is InChI=1S/C16H12BrNO5/c1-10(15(19)11-2-6-13(17)7-3-11)23-16(20)12-4-8-14(9-5-12)18(21)22/h2-10H,1H3. The van der Waals surface area contributed by atoms with Crippen molar-refractivity contribution in [2.24, 2.45) is 0 Å². The lowest BCUT2D eigenvalue weighted by Crippen LogP contribution is -2.24. The first kappa shape index (κ1) is 16.8. The fraction of sp³-hybridized carbons (Fsp3) is 0.125. The van der Waals surface area contributed by atoms with E-state index in [2.05, 4.69) is 15.9 Å². The Morgan fingerprint density at radius 2 is 1.57 bits per heavy atom. The highest BCUT2D eigenvalue weighted by molar-refractivity contribution is 9.10. The maximum atomic E-state index is 12.2. The van der Waals surface area contributed by atoms with Gasteiger partial charge in [-0.1, -0.05) is 28.1 Å². The SMILES string of the molecule is CC(OC(=O)c1ccc([N+](=O)[O-])cc1)C(=O)c1ccc(Br)cc1. The van der Waals surface area contributed by atoms with E-state index in [1.165, 1.54) is 31.2 Å². The van der Waals surface area contributed by atoms with Gasteiger partial charge in [0.25, 0.3) is 5.69 Å². The number of non-ortho nitro benzene ring substituents is 1. The van der Waals surface area contributed by atoms with Crippen LogP contribution in [0.4, 0.5) is 5.69 Å². The van der Waals surface area contributed by atoms with E-state index in [0.29, 0.717) is 5.56 Å². The van der Waals surface area contributed by atoms with Gasteiger partial charge in [-0.2, -0.15) is 0 Å². The van der Waals surface area contributed by atoms with E-state index in [1.807, 2.05) is 0 Å². The van der Waals surface area contributed by atoms with E-state index in [1.54, 1.807) is 24.3 Å². The van der Waals surface area contributed by atoms with Crippen LogP contribution in [0, 0.1) is 10.1 Å². The van der Waals surface area contributed by atoms with Crippen LogP contribution in [0.3, 0.4) is 0 Å². The summed E-state index contributed by atoms with van der Waals surface area (Å²) >= 11 is 3.27. The molecule has 0 spiro atoms. The molecule has 0 aliphatic rings. The molecule has 2 aromatic rings. The summed E-state index contributed by atoms with van der Waals surface area (Å²) in [6, 6.07) is 11.7. The molecule has 0 saturated carbocycles. The number of ether oxygens (including phenoxy) is 1. The molecule has 6 nitrogen and oxygen atoms in total. The van der Waals surface area contributed by atoms with Crippen molar-refractivity contribution in [2.45, 2.75) is 13.0 Å². The van der Waals surface area contributed by atoms with E-state index in [9.17, 15) is 19.7 Å². The fourth-order valence-electron chi connectivity index (χ4n) is 1.85. The van der Waals surface area contributed by atoms with Crippen LogP contribution in [0.5, 0.6) is 0 Å². The average Bonchev–Trinajstić information content (AvgIpc) is 2.54. The van der Waals surface area contributed by atoms with Crippen LogP contribution >= 0.6 is 15.9 Å². The number of carbonyl (C=O) groups is 2. The van der Waals surface area contributed by atoms with Crippen molar-refractivity contribution in [1.82, 2.24) is 0 Å². The Hall–Kier alpha value is -2.54. The van der Waals surface area contributed by atoms with Crippen molar-refractivity contribution in [2.75, 3.05) is 0 Å². The Morgan fingerprint density at radius 3 is 2.09 bits per heavy atom. The summed E-state index contributed by atoms with van der Waals surface area (Å²) in [4.78, 5) is 34.2. The zero-order chi connectivity index (χ0) is 17.0. The third-order valence-electron chi connectivity index (χ3n) is 3.10. The molecule has 0 N–H and O–H groups in total. The number of esters is 1. The normalized spacial score (nSPS) is 11.6. The first-order valence-corrected chi connectivity index (χ1v) is 7.43. The number of nitro groups is 1. The Labute approximate surface area is 140 Å². The fourth-order valence-corrected chi connectivity index (χ4v) is 2.11. The number of ketones is 1. The number of nitro benzene ring substituents is 1. The topological polar surface area (TPSA) is 86.5 Å². The molecule has 1 unspecified atom stereocenters. The van der Waals surface area contributed by atoms with Crippen molar-refractivity contribution < 1.29 is 19.2 Å². The minimum absolute atomic E-state index is 0.125. The number of nitrogens with zero attached hydrogens (tertiary/aromatic N) is 1. The van der Waals surface area contributed by atoms with Gasteiger partial charge in [0, 0.05) is 22.2 Å². The van der Waals surface area contributed by atoms with Gasteiger partial charge in [0.05, 0.1) is 10.5 Å². The Morgan fingerprint density at radius 1 is 1.04 bits per heavy atom. The third kappa shape index (κ3) is 4.23. The molecular formula is C16H12BrNO5. The van der Waals surface area contributed by atoms with E-state index in [0.717, 1.165) is 4.47 Å². The van der Waals surface area contributed by atoms with Crippen LogP contribution in [0.1, 0.15) is 27.6 Å². The van der Waals surface area contributed by atoms with Crippen LogP contribution in [-0.2, 0) is 4.74 Å². The highest BCUT2D eigenvalue weighted by atomic mass is 79.9. The Bertz CT molecular complexity index is 740. The number of benzene rings is 2. The van der Waals surface area contributed by atoms with E-state index in [-0.39, 0.29) is 17.0 Å². The molecule has 0 aliphatic carbocycles. The first-order valence-electron chi connectivity index (χ1n) is 6.63. The molecular weight excluding hydrogens is 366 g/mol. The Balaban J connectivity index is 2.05. The van der Waals surface area contributed by atoms with Crippen LogP contribution < -0.4 is 0 Å². The molecule has 0 bridgehead atoms. The van der Waals surface area contributed by atoms with E-state index < -0.39 is 17.0 Å². The summed E-state index contributed by atoms with van der Waals surface area (Å²) in [6.07, 6.45) is -0.959. The number of hydrogen-bond donors (Lipinski definition) is 0. The highest BCUT2D eigenvalue weighted by Gasteiger charge is 2.20. The molecule has 118 valence electrons. The first-order chi connectivity index (χ1) is 10.9. The molecule has 0 radical (unpaired) electrons. The molecule has 0 heterocycles. The predicted molar refractivity (Wildman–Crippen MR) is 86.4 cm³/mol. The second-order valence-electron chi connectivity index (χ2n) is 4.72. The van der Waals surface area contributed by atoms with Crippen LogP contribution in [0.15, 0.2) is 53.0 Å².